The predicted molar refractivity (Wildman–Crippen MR) is 78.7 cm³/mol. The summed E-state index contributed by atoms with van der Waals surface area (Å²) in [6.45, 7) is 4.44. The molecule has 0 aromatic carbocycles. The number of carbonyl (C=O) groups is 2. The number of morpholine rings is 1. The quantitative estimate of drug-likeness (QED) is 0.636. The molecule has 0 aliphatic carbocycles. The maximum Gasteiger partial charge on any atom is 0.413 e. The van der Waals surface area contributed by atoms with E-state index in [-0.39, 0.29) is 5.91 Å². The van der Waals surface area contributed by atoms with E-state index >= 15 is 0 Å². The molecular weight excluding hydrogens is 316 g/mol. The Balaban J connectivity index is 1.77. The second-order valence-electron chi connectivity index (χ2n) is 4.00. The molecule has 1 aromatic heterocycles. The third kappa shape index (κ3) is 5.14. The maximum atomic E-state index is 12.0. The minimum Gasteiger partial charge on any atom is -0.450 e. The fourth-order valence-corrected chi connectivity index (χ4v) is 3.24. The van der Waals surface area contributed by atoms with Gasteiger partial charge in [0.1, 0.15) is 0 Å². The highest BCUT2D eigenvalue weighted by molar-refractivity contribution is 8.01. The number of rotatable bonds is 5. The fraction of sp³-hybridized carbons (Fsp3) is 0.636. The lowest BCUT2D eigenvalue weighted by molar-refractivity contribution is -0.132. The van der Waals surface area contributed by atoms with E-state index in [0.717, 1.165) is 0 Å². The molecule has 1 aromatic rings. The first kappa shape index (κ1) is 16.0. The summed E-state index contributed by atoms with van der Waals surface area (Å²) in [4.78, 5) is 25.0. The zero-order chi connectivity index (χ0) is 15.1. The van der Waals surface area contributed by atoms with Gasteiger partial charge in [-0.05, 0) is 6.92 Å². The highest BCUT2D eigenvalue weighted by atomic mass is 32.2. The highest BCUT2D eigenvalue weighted by Gasteiger charge is 2.18. The molecular formula is C11H16N4O4S2. The molecule has 2 heterocycles. The van der Waals surface area contributed by atoms with Crippen LogP contribution in [0.5, 0.6) is 0 Å². The number of hydrogen-bond acceptors (Lipinski definition) is 8. The van der Waals surface area contributed by atoms with E-state index in [0.29, 0.717) is 48.1 Å². The average Bonchev–Trinajstić information content (AvgIpc) is 2.93. The lowest BCUT2D eigenvalue weighted by atomic mass is 10.4. The van der Waals surface area contributed by atoms with Gasteiger partial charge in [0.2, 0.25) is 11.0 Å². The summed E-state index contributed by atoms with van der Waals surface area (Å²) < 4.78 is 10.6. The van der Waals surface area contributed by atoms with E-state index in [2.05, 4.69) is 15.5 Å². The molecule has 1 aliphatic rings. The Labute approximate surface area is 130 Å². The van der Waals surface area contributed by atoms with Gasteiger partial charge in [-0.15, -0.1) is 10.2 Å². The van der Waals surface area contributed by atoms with E-state index in [4.69, 9.17) is 9.47 Å². The van der Waals surface area contributed by atoms with Crippen molar-refractivity contribution in [3.63, 3.8) is 0 Å². The lowest BCUT2D eigenvalue weighted by Gasteiger charge is -2.26. The van der Waals surface area contributed by atoms with Crippen molar-refractivity contribution < 1.29 is 19.1 Å². The molecule has 0 unspecified atom stereocenters. The van der Waals surface area contributed by atoms with Gasteiger partial charge in [0.15, 0.2) is 4.34 Å². The van der Waals surface area contributed by atoms with Crippen LogP contribution < -0.4 is 5.32 Å². The number of nitrogens with zero attached hydrogens (tertiary/aromatic N) is 3. The second-order valence-corrected chi connectivity index (χ2v) is 6.20. The summed E-state index contributed by atoms with van der Waals surface area (Å²) >= 11 is 2.51. The van der Waals surface area contributed by atoms with E-state index in [1.165, 1.54) is 23.1 Å². The molecule has 1 saturated heterocycles. The smallest absolute Gasteiger partial charge is 0.413 e. The molecule has 8 nitrogen and oxygen atoms in total. The van der Waals surface area contributed by atoms with Gasteiger partial charge in [0.05, 0.1) is 25.6 Å². The van der Waals surface area contributed by atoms with Crippen molar-refractivity contribution in [1.82, 2.24) is 15.1 Å². The van der Waals surface area contributed by atoms with E-state index in [1.807, 2.05) is 0 Å². The lowest BCUT2D eigenvalue weighted by Crippen LogP contribution is -2.41. The van der Waals surface area contributed by atoms with Crippen LogP contribution in [0, 0.1) is 0 Å². The molecule has 21 heavy (non-hydrogen) atoms. The minimum atomic E-state index is -0.561. The minimum absolute atomic E-state index is 0.0541. The molecule has 0 spiro atoms. The summed E-state index contributed by atoms with van der Waals surface area (Å²) in [6, 6.07) is 0. The van der Waals surface area contributed by atoms with E-state index in [9.17, 15) is 9.59 Å². The van der Waals surface area contributed by atoms with Gasteiger partial charge >= 0.3 is 6.09 Å². The molecule has 1 N–H and O–H groups in total. The van der Waals surface area contributed by atoms with Gasteiger partial charge in [0, 0.05) is 13.1 Å². The number of ether oxygens (including phenoxy) is 2. The van der Waals surface area contributed by atoms with Crippen LogP contribution in [0.25, 0.3) is 0 Å². The summed E-state index contributed by atoms with van der Waals surface area (Å²) in [7, 11) is 0. The zero-order valence-corrected chi connectivity index (χ0v) is 13.2. The van der Waals surface area contributed by atoms with Crippen molar-refractivity contribution in [2.24, 2.45) is 0 Å². The normalized spacial score (nSPS) is 14.8. The van der Waals surface area contributed by atoms with Crippen molar-refractivity contribution in [3.8, 4) is 0 Å². The Morgan fingerprint density at radius 1 is 1.43 bits per heavy atom. The van der Waals surface area contributed by atoms with Gasteiger partial charge in [-0.1, -0.05) is 23.1 Å². The van der Waals surface area contributed by atoms with Gasteiger partial charge in [-0.3, -0.25) is 10.1 Å². The monoisotopic (exact) mass is 332 g/mol. The van der Waals surface area contributed by atoms with Gasteiger partial charge in [-0.2, -0.15) is 0 Å². The number of amides is 2. The van der Waals surface area contributed by atoms with Crippen LogP contribution >= 0.6 is 23.1 Å². The van der Waals surface area contributed by atoms with Crippen LogP contribution in [0.15, 0.2) is 4.34 Å². The summed E-state index contributed by atoms with van der Waals surface area (Å²) in [5.74, 6) is 0.354. The molecule has 0 saturated carbocycles. The van der Waals surface area contributed by atoms with Crippen molar-refractivity contribution >= 4 is 40.2 Å². The summed E-state index contributed by atoms with van der Waals surface area (Å²) in [5, 5.41) is 10.6. The Morgan fingerprint density at radius 2 is 2.19 bits per heavy atom. The zero-order valence-electron chi connectivity index (χ0n) is 11.5. The van der Waals surface area contributed by atoms with Gasteiger partial charge in [0.25, 0.3) is 0 Å². The number of anilines is 1. The number of nitrogens with one attached hydrogen (secondary N) is 1. The van der Waals surface area contributed by atoms with Crippen LogP contribution in [-0.2, 0) is 14.3 Å². The van der Waals surface area contributed by atoms with Crippen LogP contribution in [0.4, 0.5) is 9.93 Å². The standard InChI is InChI=1S/C11H16N4O4S2/c1-2-19-10(17)12-9-13-14-11(21-9)20-7-8(16)15-3-5-18-6-4-15/h2-7H2,1H3,(H,12,13,17). The Morgan fingerprint density at radius 3 is 2.90 bits per heavy atom. The SMILES string of the molecule is CCOC(=O)Nc1nnc(SCC(=O)N2CCOCC2)s1. The molecule has 0 bridgehead atoms. The molecule has 1 aliphatic heterocycles. The molecule has 0 radical (unpaired) electrons. The number of aromatic nitrogens is 2. The largest absolute Gasteiger partial charge is 0.450 e. The molecule has 2 amide bonds. The molecule has 0 atom stereocenters. The predicted octanol–water partition coefficient (Wildman–Crippen LogP) is 1.06. The van der Waals surface area contributed by atoms with Crippen LogP contribution in [0.3, 0.4) is 0 Å². The third-order valence-electron chi connectivity index (χ3n) is 2.57. The van der Waals surface area contributed by atoms with Crippen molar-refractivity contribution in [3.05, 3.63) is 0 Å². The highest BCUT2D eigenvalue weighted by Crippen LogP contribution is 2.25. The number of hydrogen-bond donors (Lipinski definition) is 1. The van der Waals surface area contributed by atoms with Gasteiger partial charge in [-0.25, -0.2) is 4.79 Å². The molecule has 2 rings (SSSR count). The van der Waals surface area contributed by atoms with Crippen LogP contribution in [-0.4, -0.2) is 65.8 Å². The topological polar surface area (TPSA) is 93.7 Å². The van der Waals surface area contributed by atoms with Gasteiger partial charge < -0.3 is 14.4 Å². The van der Waals surface area contributed by atoms with E-state index < -0.39 is 6.09 Å². The van der Waals surface area contributed by atoms with Crippen LogP contribution in [0.2, 0.25) is 0 Å². The molecule has 1 fully saturated rings. The first-order valence-electron chi connectivity index (χ1n) is 6.44. The number of thioether (sulfide) groups is 1. The Kier molecular flexibility index (Phi) is 6.21. The third-order valence-corrected chi connectivity index (χ3v) is 4.53. The number of carbonyl (C=O) groups excluding carboxylic acids is 2. The first-order valence-corrected chi connectivity index (χ1v) is 8.25. The first-order chi connectivity index (χ1) is 10.2. The summed E-state index contributed by atoms with van der Waals surface area (Å²) in [5.41, 5.74) is 0. The fourth-order valence-electron chi connectivity index (χ4n) is 1.60. The maximum absolute atomic E-state index is 12.0. The Bertz CT molecular complexity index is 490. The Hall–Kier alpha value is -1.39. The average molecular weight is 332 g/mol. The van der Waals surface area contributed by atoms with Crippen molar-refractivity contribution in [2.75, 3.05) is 44.0 Å². The summed E-state index contributed by atoms with van der Waals surface area (Å²) in [6.07, 6.45) is -0.561. The molecule has 116 valence electrons. The van der Waals surface area contributed by atoms with Crippen molar-refractivity contribution in [1.29, 1.82) is 0 Å². The molecule has 10 heteroatoms. The van der Waals surface area contributed by atoms with Crippen molar-refractivity contribution in [2.45, 2.75) is 11.3 Å². The van der Waals surface area contributed by atoms with E-state index in [1.54, 1.807) is 11.8 Å². The second kappa shape index (κ2) is 8.15. The van der Waals surface area contributed by atoms with Crippen LogP contribution in [0.1, 0.15) is 6.92 Å².